The summed E-state index contributed by atoms with van der Waals surface area (Å²) < 4.78 is 17.0. The summed E-state index contributed by atoms with van der Waals surface area (Å²) in [5, 5.41) is 0. The van der Waals surface area contributed by atoms with Gasteiger partial charge in [-0.3, -0.25) is 14.4 Å². The van der Waals surface area contributed by atoms with Crippen LogP contribution in [0.1, 0.15) is 213 Å². The molecule has 0 bridgehead atoms. The van der Waals surface area contributed by atoms with Gasteiger partial charge in [0.1, 0.15) is 6.10 Å². The van der Waals surface area contributed by atoms with Gasteiger partial charge in [-0.1, -0.05) is 129 Å². The third-order valence-corrected chi connectivity index (χ3v) is 11.2. The van der Waals surface area contributed by atoms with Crippen LogP contribution in [0.5, 0.6) is 0 Å². The highest BCUT2D eigenvalue weighted by Gasteiger charge is 2.16. The normalized spacial score (nSPS) is 14.5. The fraction of sp³-hybridized carbons (Fsp3) is 0.854. The van der Waals surface area contributed by atoms with Crippen molar-refractivity contribution in [2.75, 3.05) is 32.8 Å². The summed E-state index contributed by atoms with van der Waals surface area (Å²) >= 11 is 0. The van der Waals surface area contributed by atoms with Crippen molar-refractivity contribution in [3.8, 4) is 0 Å². The van der Waals surface area contributed by atoms with E-state index in [0.717, 1.165) is 116 Å². The Kier molecular flexibility index (Phi) is 34.3. The van der Waals surface area contributed by atoms with Crippen LogP contribution in [0.2, 0.25) is 0 Å². The predicted molar refractivity (Wildman–Crippen MR) is 228 cm³/mol. The van der Waals surface area contributed by atoms with E-state index >= 15 is 0 Å². The first-order valence-electron chi connectivity index (χ1n) is 23.2. The monoisotopic (exact) mass is 772 g/mol. The minimum atomic E-state index is -0.0820. The van der Waals surface area contributed by atoms with E-state index in [0.29, 0.717) is 44.3 Å². The van der Waals surface area contributed by atoms with Crippen LogP contribution in [-0.2, 0) is 28.6 Å². The van der Waals surface area contributed by atoms with Crippen LogP contribution in [0, 0.1) is 11.8 Å². The molecular weight excluding hydrogens is 687 g/mol. The summed E-state index contributed by atoms with van der Waals surface area (Å²) in [4.78, 5) is 39.5. The van der Waals surface area contributed by atoms with Gasteiger partial charge in [0.2, 0.25) is 0 Å². The molecule has 0 radical (unpaired) electrons. The van der Waals surface area contributed by atoms with Crippen LogP contribution in [0.3, 0.4) is 0 Å². The van der Waals surface area contributed by atoms with Gasteiger partial charge in [-0.25, -0.2) is 0 Å². The minimum Gasteiger partial charge on any atom is -0.466 e. The molecule has 318 valence electrons. The van der Waals surface area contributed by atoms with Crippen molar-refractivity contribution in [3.05, 3.63) is 24.1 Å². The van der Waals surface area contributed by atoms with Gasteiger partial charge in [0.15, 0.2) is 0 Å². The van der Waals surface area contributed by atoms with Crippen LogP contribution in [0.25, 0.3) is 0 Å². The number of rotatable bonds is 38. The molecule has 1 fully saturated rings. The first-order valence-corrected chi connectivity index (χ1v) is 23.2. The number of ether oxygens (including phenoxy) is 3. The van der Waals surface area contributed by atoms with Crippen molar-refractivity contribution >= 4 is 17.9 Å². The molecule has 1 aliphatic rings. The summed E-state index contributed by atoms with van der Waals surface area (Å²) in [5.41, 5.74) is 5.65. The second kappa shape index (κ2) is 37.3. The van der Waals surface area contributed by atoms with Gasteiger partial charge in [0.25, 0.3) is 0 Å². The Balaban J connectivity index is 2.20. The van der Waals surface area contributed by atoms with Crippen molar-refractivity contribution < 1.29 is 28.6 Å². The van der Waals surface area contributed by atoms with Crippen LogP contribution in [-0.4, -0.2) is 61.8 Å². The topological polar surface area (TPSA) is 82.1 Å². The Morgan fingerprint density at radius 1 is 0.600 bits per heavy atom. The number of allylic oxidation sites excluding steroid dienone is 1. The fourth-order valence-corrected chi connectivity index (χ4v) is 7.50. The van der Waals surface area contributed by atoms with Gasteiger partial charge >= 0.3 is 17.9 Å². The number of hydrogen-bond acceptors (Lipinski definition) is 7. The number of esters is 3. The third-order valence-electron chi connectivity index (χ3n) is 11.2. The van der Waals surface area contributed by atoms with Gasteiger partial charge in [0, 0.05) is 19.3 Å². The molecule has 0 spiro atoms. The van der Waals surface area contributed by atoms with Crippen LogP contribution in [0.15, 0.2) is 24.1 Å². The molecule has 0 aromatic rings. The average Bonchev–Trinajstić information content (AvgIpc) is 3.70. The maximum Gasteiger partial charge on any atom is 0.306 e. The Morgan fingerprint density at radius 3 is 1.64 bits per heavy atom. The smallest absolute Gasteiger partial charge is 0.306 e. The molecule has 3 unspecified atom stereocenters. The molecule has 1 aliphatic heterocycles. The second-order valence-electron chi connectivity index (χ2n) is 16.4. The lowest BCUT2D eigenvalue weighted by atomic mass is 9.99. The average molecular weight is 772 g/mol. The maximum absolute atomic E-state index is 12.8. The van der Waals surface area contributed by atoms with Crippen molar-refractivity contribution in [1.82, 2.24) is 4.90 Å². The minimum absolute atomic E-state index is 0.0229. The van der Waals surface area contributed by atoms with Crippen LogP contribution < -0.4 is 0 Å². The van der Waals surface area contributed by atoms with Gasteiger partial charge in [-0.05, 0) is 121 Å². The highest BCUT2D eigenvalue weighted by Crippen LogP contribution is 2.20. The van der Waals surface area contributed by atoms with Crippen LogP contribution >= 0.6 is 0 Å². The number of likely N-dealkylation sites (tertiary alicyclic amines) is 1. The molecule has 0 aromatic carbocycles. The SMILES string of the molecule is C=C=C=CC(CCCC)CCOC(=O)CCCCCCCCCC(CCCCCCCCCC(=O)OCCC(C)CCCC)OC(=O)CCCN1CCCC1. The number of carbonyl (C=O) groups excluding carboxylic acids is 3. The molecule has 0 aliphatic carbocycles. The molecule has 7 nitrogen and oxygen atoms in total. The van der Waals surface area contributed by atoms with Crippen LogP contribution in [0.4, 0.5) is 0 Å². The van der Waals surface area contributed by atoms with Crippen molar-refractivity contribution in [3.63, 3.8) is 0 Å². The van der Waals surface area contributed by atoms with E-state index in [1.54, 1.807) is 0 Å². The molecule has 0 aromatic heterocycles. The van der Waals surface area contributed by atoms with E-state index < -0.39 is 0 Å². The molecule has 55 heavy (non-hydrogen) atoms. The third kappa shape index (κ3) is 32.5. The summed E-state index contributed by atoms with van der Waals surface area (Å²) in [6, 6.07) is 0. The van der Waals surface area contributed by atoms with E-state index in [1.807, 2.05) is 6.08 Å². The summed E-state index contributed by atoms with van der Waals surface area (Å²) in [6.45, 7) is 14.6. The van der Waals surface area contributed by atoms with E-state index in [-0.39, 0.29) is 24.0 Å². The lowest BCUT2D eigenvalue weighted by Gasteiger charge is -2.19. The quantitative estimate of drug-likeness (QED) is 0.0267. The Morgan fingerprint density at radius 2 is 1.09 bits per heavy atom. The molecule has 0 saturated carbocycles. The maximum atomic E-state index is 12.8. The zero-order valence-corrected chi connectivity index (χ0v) is 36.2. The van der Waals surface area contributed by atoms with Gasteiger partial charge < -0.3 is 19.1 Å². The second-order valence-corrected chi connectivity index (χ2v) is 16.4. The molecule has 0 N–H and O–H groups in total. The van der Waals surface area contributed by atoms with E-state index in [4.69, 9.17) is 14.2 Å². The molecule has 0 amide bonds. The summed E-state index contributed by atoms with van der Waals surface area (Å²) in [7, 11) is 0. The van der Waals surface area contributed by atoms with E-state index in [1.165, 1.54) is 77.3 Å². The molecule has 7 heteroatoms. The molecule has 3 atom stereocenters. The van der Waals surface area contributed by atoms with Gasteiger partial charge in [0.05, 0.1) is 13.2 Å². The molecule has 1 saturated heterocycles. The highest BCUT2D eigenvalue weighted by atomic mass is 16.5. The molecule has 1 rings (SSSR count). The summed E-state index contributed by atoms with van der Waals surface area (Å²) in [5.74, 6) is 0.852. The lowest BCUT2D eigenvalue weighted by Crippen LogP contribution is -2.23. The first-order chi connectivity index (χ1) is 26.9. The predicted octanol–water partition coefficient (Wildman–Crippen LogP) is 12.8. The van der Waals surface area contributed by atoms with E-state index in [9.17, 15) is 14.4 Å². The van der Waals surface area contributed by atoms with Gasteiger partial charge in [-0.2, -0.15) is 0 Å². The summed E-state index contributed by atoms with van der Waals surface area (Å²) in [6.07, 6.45) is 33.4. The van der Waals surface area contributed by atoms with Crippen molar-refractivity contribution in [2.45, 2.75) is 219 Å². The van der Waals surface area contributed by atoms with Gasteiger partial charge in [-0.15, -0.1) is 0 Å². The van der Waals surface area contributed by atoms with Crippen molar-refractivity contribution in [1.29, 1.82) is 0 Å². The Hall–Kier alpha value is -2.33. The number of carbonyl (C=O) groups is 3. The zero-order chi connectivity index (χ0) is 40.0. The number of hydrogen-bond donors (Lipinski definition) is 0. The number of nitrogens with zero attached hydrogens (tertiary/aromatic N) is 1. The fourth-order valence-electron chi connectivity index (χ4n) is 7.50. The largest absolute Gasteiger partial charge is 0.466 e. The Labute approximate surface area is 338 Å². The zero-order valence-electron chi connectivity index (χ0n) is 36.2. The first kappa shape index (κ1) is 50.7. The Bertz CT molecular complexity index is 1030. The number of unbranched alkanes of at least 4 members (excludes halogenated alkanes) is 14. The van der Waals surface area contributed by atoms with Crippen molar-refractivity contribution in [2.24, 2.45) is 11.8 Å². The highest BCUT2D eigenvalue weighted by molar-refractivity contribution is 5.70. The standard InChI is InChI=1S/C48H85NO6/c1-5-8-28-43(4)36-41-53-46(50)33-23-19-15-11-13-17-21-31-45(55-48(52)35-27-40-49-38-25-26-39-49)32-22-18-14-12-16-20-24-34-47(51)54-42-37-44(29-9-6-2)30-10-7-3/h29,43-45H,2,5,7-8,10-28,30-42H2,1,3-4H3. The lowest BCUT2D eigenvalue weighted by molar-refractivity contribution is -0.150. The molecule has 1 heterocycles. The molecular formula is C48H85NO6. The van der Waals surface area contributed by atoms with E-state index in [2.05, 4.69) is 43.7 Å².